The third-order valence-electron chi connectivity index (χ3n) is 6.15. The molecule has 37 heavy (non-hydrogen) atoms. The maximum Gasteiger partial charge on any atom is 0.410 e. The first-order valence-corrected chi connectivity index (χ1v) is 13.4. The predicted molar refractivity (Wildman–Crippen MR) is 151 cm³/mol. The first-order chi connectivity index (χ1) is 17.5. The lowest BCUT2D eigenvalue weighted by Crippen LogP contribution is -2.36. The second kappa shape index (κ2) is 11.1. The van der Waals surface area contributed by atoms with Crippen molar-refractivity contribution >= 4 is 55.4 Å². The van der Waals surface area contributed by atoms with Crippen molar-refractivity contribution < 1.29 is 19.0 Å². The van der Waals surface area contributed by atoms with E-state index in [0.29, 0.717) is 46.1 Å². The molecule has 1 fully saturated rings. The molecule has 11 heteroatoms. The monoisotopic (exact) mass is 564 g/mol. The van der Waals surface area contributed by atoms with E-state index in [4.69, 9.17) is 42.4 Å². The number of amides is 1. The summed E-state index contributed by atoms with van der Waals surface area (Å²) in [4.78, 5) is 23.6. The Morgan fingerprint density at radius 3 is 2.41 bits per heavy atom. The number of methoxy groups -OCH3 is 2. The maximum atomic E-state index is 12.6. The van der Waals surface area contributed by atoms with Gasteiger partial charge in [0.15, 0.2) is 0 Å². The number of rotatable bonds is 6. The van der Waals surface area contributed by atoms with Crippen LogP contribution >= 0.6 is 32.4 Å². The average molecular weight is 565 g/mol. The number of hydrogen-bond donors (Lipinski definition) is 1. The number of nitrogens with one attached hydrogen (secondary N) is 1. The lowest BCUT2D eigenvalue weighted by molar-refractivity contribution is 0.0288. The van der Waals surface area contributed by atoms with Gasteiger partial charge in [0.1, 0.15) is 17.1 Å². The molecular formula is C26H31Cl2N4O4P. The SMILES string of the molecule is COc1cc(OC)c(Cl)c(-c2ccc3nc(NC4CN(C(=O)OC(C)(C)C)CC4CP)ncc3c2)c1Cl. The molecule has 1 aromatic heterocycles. The highest BCUT2D eigenvalue weighted by Gasteiger charge is 2.36. The molecule has 8 nitrogen and oxygen atoms in total. The minimum Gasteiger partial charge on any atom is -0.495 e. The third-order valence-corrected chi connectivity index (χ3v) is 7.51. The molecule has 1 aliphatic heterocycles. The van der Waals surface area contributed by atoms with Crippen LogP contribution in [0.1, 0.15) is 20.8 Å². The molecular weight excluding hydrogens is 534 g/mol. The van der Waals surface area contributed by atoms with Gasteiger partial charge in [-0.2, -0.15) is 0 Å². The van der Waals surface area contributed by atoms with Crippen molar-refractivity contribution in [3.8, 4) is 22.6 Å². The number of carbonyl (C=O) groups excluding carboxylic acids is 1. The van der Waals surface area contributed by atoms with Crippen molar-refractivity contribution in [2.24, 2.45) is 5.92 Å². The van der Waals surface area contributed by atoms with Crippen LogP contribution in [0.25, 0.3) is 22.0 Å². The molecule has 1 aliphatic rings. The van der Waals surface area contributed by atoms with Crippen molar-refractivity contribution in [2.75, 3.05) is 38.8 Å². The van der Waals surface area contributed by atoms with Gasteiger partial charge in [-0.1, -0.05) is 29.3 Å². The van der Waals surface area contributed by atoms with Gasteiger partial charge < -0.3 is 24.4 Å². The lowest BCUT2D eigenvalue weighted by Gasteiger charge is -2.24. The molecule has 1 amide bonds. The summed E-state index contributed by atoms with van der Waals surface area (Å²) in [6.07, 6.45) is 2.28. The van der Waals surface area contributed by atoms with E-state index in [1.54, 1.807) is 31.4 Å². The topological polar surface area (TPSA) is 85.8 Å². The molecule has 0 spiro atoms. The number of hydrogen-bond acceptors (Lipinski definition) is 7. The van der Waals surface area contributed by atoms with E-state index < -0.39 is 5.60 Å². The molecule has 1 saturated heterocycles. The second-order valence-electron chi connectivity index (χ2n) is 9.88. The Bertz CT molecular complexity index is 1290. The molecule has 3 atom stereocenters. The minimum absolute atomic E-state index is 0.00334. The third kappa shape index (κ3) is 5.97. The Morgan fingerprint density at radius 2 is 1.81 bits per heavy atom. The van der Waals surface area contributed by atoms with Crippen LogP contribution in [-0.4, -0.2) is 66.1 Å². The fraction of sp³-hybridized carbons (Fsp3) is 0.423. The first-order valence-electron chi connectivity index (χ1n) is 11.9. The van der Waals surface area contributed by atoms with E-state index in [9.17, 15) is 4.79 Å². The van der Waals surface area contributed by atoms with Crippen LogP contribution in [0.15, 0.2) is 30.5 Å². The van der Waals surface area contributed by atoms with Crippen LogP contribution in [0.4, 0.5) is 10.7 Å². The number of aromatic nitrogens is 2. The zero-order valence-electron chi connectivity index (χ0n) is 21.5. The van der Waals surface area contributed by atoms with Gasteiger partial charge in [0, 0.05) is 42.2 Å². The summed E-state index contributed by atoms with van der Waals surface area (Å²) in [6.45, 7) is 6.72. The van der Waals surface area contributed by atoms with Crippen LogP contribution in [0, 0.1) is 5.92 Å². The smallest absolute Gasteiger partial charge is 0.410 e. The molecule has 3 unspecified atom stereocenters. The lowest BCUT2D eigenvalue weighted by atomic mass is 10.0. The van der Waals surface area contributed by atoms with E-state index in [2.05, 4.69) is 19.5 Å². The van der Waals surface area contributed by atoms with E-state index in [1.165, 1.54) is 0 Å². The number of anilines is 1. The van der Waals surface area contributed by atoms with Crippen LogP contribution < -0.4 is 14.8 Å². The molecule has 198 valence electrons. The molecule has 0 saturated carbocycles. The number of benzene rings is 2. The zero-order chi connectivity index (χ0) is 26.9. The van der Waals surface area contributed by atoms with Crippen LogP contribution in [0.5, 0.6) is 11.5 Å². The summed E-state index contributed by atoms with van der Waals surface area (Å²) in [6, 6.07) is 7.38. The molecule has 0 bridgehead atoms. The van der Waals surface area contributed by atoms with Gasteiger partial charge in [-0.05, 0) is 44.6 Å². The van der Waals surface area contributed by atoms with Gasteiger partial charge in [-0.15, -0.1) is 9.24 Å². The second-order valence-corrected chi connectivity index (χ2v) is 11.1. The zero-order valence-corrected chi connectivity index (χ0v) is 24.1. The molecule has 1 N–H and O–H groups in total. The predicted octanol–water partition coefficient (Wildman–Crippen LogP) is 6.14. The highest BCUT2D eigenvalue weighted by atomic mass is 35.5. The van der Waals surface area contributed by atoms with E-state index >= 15 is 0 Å². The summed E-state index contributed by atoms with van der Waals surface area (Å²) in [5, 5.41) is 5.03. The number of ether oxygens (including phenoxy) is 3. The summed E-state index contributed by atoms with van der Waals surface area (Å²) in [5.74, 6) is 1.66. The standard InChI is InChI=1S/C26H31Cl2N4O4P/c1-26(2,3)36-25(33)32-11-16(13-37)18(12-32)31-24-29-10-15-8-14(6-7-17(15)30-24)21-22(27)19(34-4)9-20(35-5)23(21)28/h6-10,16,18H,11-13,37H2,1-5H3,(H,29,30,31). The normalized spacial score (nSPS) is 17.7. The quantitative estimate of drug-likeness (QED) is 0.359. The number of carbonyl (C=O) groups is 1. The van der Waals surface area contributed by atoms with Crippen LogP contribution in [0.3, 0.4) is 0 Å². The first kappa shape index (κ1) is 27.5. The highest BCUT2D eigenvalue weighted by molar-refractivity contribution is 7.16. The van der Waals surface area contributed by atoms with E-state index in [-0.39, 0.29) is 18.1 Å². The highest BCUT2D eigenvalue weighted by Crippen LogP contribution is 2.46. The summed E-state index contributed by atoms with van der Waals surface area (Å²) >= 11 is 13.2. The maximum absolute atomic E-state index is 12.6. The molecule has 0 aliphatic carbocycles. The Labute approximate surface area is 229 Å². The van der Waals surface area contributed by atoms with Gasteiger partial charge in [-0.25, -0.2) is 14.8 Å². The fourth-order valence-electron chi connectivity index (χ4n) is 4.31. The van der Waals surface area contributed by atoms with Crippen LogP contribution in [-0.2, 0) is 4.74 Å². The van der Waals surface area contributed by atoms with Gasteiger partial charge in [0.2, 0.25) is 5.95 Å². The van der Waals surface area contributed by atoms with Gasteiger partial charge >= 0.3 is 6.09 Å². The number of halogens is 2. The fourth-order valence-corrected chi connectivity index (χ4v) is 5.51. The largest absolute Gasteiger partial charge is 0.495 e. The summed E-state index contributed by atoms with van der Waals surface area (Å²) in [7, 11) is 5.85. The van der Waals surface area contributed by atoms with Crippen molar-refractivity contribution in [1.82, 2.24) is 14.9 Å². The molecule has 0 radical (unpaired) electrons. The Hall–Kier alpha value is -2.54. The van der Waals surface area contributed by atoms with Crippen LogP contribution in [0.2, 0.25) is 10.0 Å². The molecule has 2 aromatic carbocycles. The Kier molecular flexibility index (Phi) is 8.22. The van der Waals surface area contributed by atoms with Crippen molar-refractivity contribution in [1.29, 1.82) is 0 Å². The molecule has 4 rings (SSSR count). The van der Waals surface area contributed by atoms with E-state index in [1.807, 2.05) is 39.0 Å². The number of nitrogens with zero attached hydrogens (tertiary/aromatic N) is 3. The average Bonchev–Trinajstić information content (AvgIpc) is 3.26. The Balaban J connectivity index is 1.58. The summed E-state index contributed by atoms with van der Waals surface area (Å²) < 4.78 is 16.3. The van der Waals surface area contributed by atoms with Crippen molar-refractivity contribution in [2.45, 2.75) is 32.4 Å². The minimum atomic E-state index is -0.538. The van der Waals surface area contributed by atoms with Gasteiger partial charge in [0.25, 0.3) is 0 Å². The Morgan fingerprint density at radius 1 is 1.14 bits per heavy atom. The van der Waals surface area contributed by atoms with Crippen molar-refractivity contribution in [3.63, 3.8) is 0 Å². The van der Waals surface area contributed by atoms with Crippen molar-refractivity contribution in [3.05, 3.63) is 40.5 Å². The number of fused-ring (bicyclic) bond motifs is 1. The van der Waals surface area contributed by atoms with Gasteiger partial charge in [0.05, 0.1) is 35.8 Å². The molecule has 3 aromatic rings. The van der Waals surface area contributed by atoms with E-state index in [0.717, 1.165) is 22.6 Å². The van der Waals surface area contributed by atoms with Gasteiger partial charge in [-0.3, -0.25) is 0 Å². The summed E-state index contributed by atoms with van der Waals surface area (Å²) in [5.41, 5.74) is 1.62. The molecule has 2 heterocycles. The number of likely N-dealkylation sites (tertiary alicyclic amines) is 1.